The van der Waals surface area contributed by atoms with Gasteiger partial charge in [-0.25, -0.2) is 4.98 Å². The predicted molar refractivity (Wildman–Crippen MR) is 141 cm³/mol. The highest BCUT2D eigenvalue weighted by Crippen LogP contribution is 2.41. The van der Waals surface area contributed by atoms with Crippen molar-refractivity contribution in [2.45, 2.75) is 25.9 Å². The van der Waals surface area contributed by atoms with Gasteiger partial charge in [-0.05, 0) is 57.2 Å². The molecule has 0 bridgehead atoms. The van der Waals surface area contributed by atoms with Gasteiger partial charge in [-0.3, -0.25) is 19.4 Å². The third-order valence-corrected chi connectivity index (χ3v) is 7.98. The van der Waals surface area contributed by atoms with E-state index in [0.717, 1.165) is 59.7 Å². The monoisotopic (exact) mass is 497 g/mol. The van der Waals surface area contributed by atoms with Crippen molar-refractivity contribution in [3.05, 3.63) is 66.0 Å². The van der Waals surface area contributed by atoms with Crippen LogP contribution in [0.1, 0.15) is 34.6 Å². The summed E-state index contributed by atoms with van der Waals surface area (Å²) in [7, 11) is 3.99. The van der Waals surface area contributed by atoms with Crippen LogP contribution in [-0.4, -0.2) is 73.7 Å². The number of anilines is 1. The van der Waals surface area contributed by atoms with Gasteiger partial charge in [0.15, 0.2) is 5.78 Å². The molecule has 6 heterocycles. The molecule has 2 fully saturated rings. The van der Waals surface area contributed by atoms with Crippen molar-refractivity contribution in [3.8, 4) is 11.1 Å². The number of carbonyl (C=O) groups excluding carboxylic acids is 1. The lowest BCUT2D eigenvalue weighted by atomic mass is 9.72. The molecule has 1 N–H and O–H groups in total. The van der Waals surface area contributed by atoms with Gasteiger partial charge in [-0.1, -0.05) is 0 Å². The predicted octanol–water partition coefficient (Wildman–Crippen LogP) is 2.88. The number of aliphatic hydroxyl groups is 1. The van der Waals surface area contributed by atoms with Crippen LogP contribution in [0.3, 0.4) is 0 Å². The number of likely N-dealkylation sites (tertiary alicyclic amines) is 1. The van der Waals surface area contributed by atoms with Crippen molar-refractivity contribution >= 4 is 22.5 Å². The van der Waals surface area contributed by atoms with Gasteiger partial charge in [0.25, 0.3) is 0 Å². The maximum Gasteiger partial charge on any atom is 0.169 e. The van der Waals surface area contributed by atoms with E-state index in [1.807, 2.05) is 18.2 Å². The van der Waals surface area contributed by atoms with Gasteiger partial charge in [0.05, 0.1) is 36.6 Å². The number of Topliss-reactive ketones (excluding diaryl/α,β-unsaturated/α-hetero) is 1. The SMILES string of the molecule is CN1CCC2(CC1)CN(c1cc(C(=O)Cc3cc4cc(-c5cnn(C)c5CO)cnc4cn3)ccn1)C2. The summed E-state index contributed by atoms with van der Waals surface area (Å²) in [6.07, 6.45) is 9.59. The van der Waals surface area contributed by atoms with Crippen LogP contribution in [-0.2, 0) is 20.1 Å². The maximum absolute atomic E-state index is 13.2. The van der Waals surface area contributed by atoms with Crippen molar-refractivity contribution in [1.82, 2.24) is 29.6 Å². The molecule has 190 valence electrons. The van der Waals surface area contributed by atoms with Crippen molar-refractivity contribution < 1.29 is 9.90 Å². The minimum Gasteiger partial charge on any atom is -0.390 e. The number of hydrogen-bond donors (Lipinski definition) is 1. The Balaban J connectivity index is 1.18. The topological polar surface area (TPSA) is 100 Å². The van der Waals surface area contributed by atoms with E-state index >= 15 is 0 Å². The fourth-order valence-corrected chi connectivity index (χ4v) is 5.58. The zero-order valence-corrected chi connectivity index (χ0v) is 21.3. The highest BCUT2D eigenvalue weighted by molar-refractivity contribution is 5.98. The van der Waals surface area contributed by atoms with E-state index < -0.39 is 0 Å². The molecule has 6 rings (SSSR count). The number of rotatable bonds is 6. The van der Waals surface area contributed by atoms with Gasteiger partial charge >= 0.3 is 0 Å². The average Bonchev–Trinajstić information content (AvgIpc) is 3.28. The Bertz CT molecular complexity index is 1460. The minimum absolute atomic E-state index is 0.0176. The van der Waals surface area contributed by atoms with E-state index in [1.54, 1.807) is 42.6 Å². The minimum atomic E-state index is -0.107. The zero-order chi connectivity index (χ0) is 25.6. The van der Waals surface area contributed by atoms with Gasteiger partial charge in [0.1, 0.15) is 5.82 Å². The molecule has 0 saturated carbocycles. The largest absolute Gasteiger partial charge is 0.390 e. The lowest BCUT2D eigenvalue weighted by molar-refractivity contribution is 0.0900. The Hall–Kier alpha value is -3.69. The zero-order valence-electron chi connectivity index (χ0n) is 21.3. The Morgan fingerprint density at radius 1 is 1.03 bits per heavy atom. The highest BCUT2D eigenvalue weighted by Gasteiger charge is 2.44. The number of piperidine rings is 1. The van der Waals surface area contributed by atoms with Crippen LogP contribution in [0.25, 0.3) is 22.0 Å². The number of carbonyl (C=O) groups is 1. The fraction of sp³-hybridized carbons (Fsp3) is 0.393. The molecular weight excluding hydrogens is 466 g/mol. The molecule has 0 unspecified atom stereocenters. The van der Waals surface area contributed by atoms with Crippen molar-refractivity contribution in [1.29, 1.82) is 0 Å². The number of hydrogen-bond acceptors (Lipinski definition) is 8. The second-order valence-electron chi connectivity index (χ2n) is 10.5. The van der Waals surface area contributed by atoms with E-state index in [0.29, 0.717) is 16.7 Å². The van der Waals surface area contributed by atoms with E-state index in [-0.39, 0.29) is 18.8 Å². The number of fused-ring (bicyclic) bond motifs is 1. The van der Waals surface area contributed by atoms with Gasteiger partial charge in [0.2, 0.25) is 0 Å². The molecule has 0 radical (unpaired) electrons. The van der Waals surface area contributed by atoms with E-state index in [9.17, 15) is 9.90 Å². The van der Waals surface area contributed by atoms with Gasteiger partial charge < -0.3 is 14.9 Å². The second kappa shape index (κ2) is 9.32. The molecule has 37 heavy (non-hydrogen) atoms. The first kappa shape index (κ1) is 23.7. The summed E-state index contributed by atoms with van der Waals surface area (Å²) >= 11 is 0. The molecule has 2 saturated heterocycles. The first-order valence-electron chi connectivity index (χ1n) is 12.7. The Morgan fingerprint density at radius 3 is 2.62 bits per heavy atom. The summed E-state index contributed by atoms with van der Waals surface area (Å²) in [5.41, 5.74) is 4.94. The number of ketones is 1. The van der Waals surface area contributed by atoms with Crippen molar-refractivity contribution in [2.24, 2.45) is 12.5 Å². The molecule has 9 nitrogen and oxygen atoms in total. The average molecular weight is 498 g/mol. The number of pyridine rings is 3. The number of aryl methyl sites for hydroxylation is 1. The molecule has 9 heteroatoms. The standard InChI is InChI=1S/C28H31N7O2/c1-33-7-4-28(5-8-33)17-35(18-28)27-11-19(3-6-29-27)26(37)12-22-10-20-9-21(13-31-24(20)15-30-22)23-14-32-34(2)25(23)16-36/h3,6,9-11,13-15,36H,4-5,7-8,12,16-18H2,1-2H3. The molecule has 0 aromatic carbocycles. The summed E-state index contributed by atoms with van der Waals surface area (Å²) in [4.78, 5) is 31.5. The van der Waals surface area contributed by atoms with Crippen LogP contribution >= 0.6 is 0 Å². The lowest BCUT2D eigenvalue weighted by Gasteiger charge is -2.54. The maximum atomic E-state index is 13.2. The van der Waals surface area contributed by atoms with Gasteiger partial charge in [0, 0.05) is 65.7 Å². The normalized spacial score (nSPS) is 17.3. The molecular formula is C28H31N7O2. The highest BCUT2D eigenvalue weighted by atomic mass is 16.3. The van der Waals surface area contributed by atoms with Crippen LogP contribution in [0.5, 0.6) is 0 Å². The fourth-order valence-electron chi connectivity index (χ4n) is 5.58. The van der Waals surface area contributed by atoms with Crippen LogP contribution in [0.2, 0.25) is 0 Å². The van der Waals surface area contributed by atoms with Crippen LogP contribution in [0.15, 0.2) is 49.1 Å². The first-order chi connectivity index (χ1) is 17.9. The van der Waals surface area contributed by atoms with Crippen LogP contribution in [0.4, 0.5) is 5.82 Å². The van der Waals surface area contributed by atoms with Gasteiger partial charge in [-0.15, -0.1) is 0 Å². The molecule has 0 aliphatic carbocycles. The molecule has 2 aliphatic heterocycles. The first-order valence-corrected chi connectivity index (χ1v) is 12.7. The Labute approximate surface area is 215 Å². The summed E-state index contributed by atoms with van der Waals surface area (Å²) in [5, 5.41) is 14.9. The molecule has 2 aliphatic rings. The van der Waals surface area contributed by atoms with E-state index in [2.05, 4.69) is 36.9 Å². The summed E-state index contributed by atoms with van der Waals surface area (Å²) in [6, 6.07) is 7.63. The molecule has 0 atom stereocenters. The molecule has 0 amide bonds. The van der Waals surface area contributed by atoms with E-state index in [1.165, 1.54) is 12.8 Å². The van der Waals surface area contributed by atoms with Crippen molar-refractivity contribution in [2.75, 3.05) is 38.1 Å². The molecule has 4 aromatic heterocycles. The summed E-state index contributed by atoms with van der Waals surface area (Å²) in [6.45, 7) is 4.23. The van der Waals surface area contributed by atoms with E-state index in [4.69, 9.17) is 0 Å². The second-order valence-corrected chi connectivity index (χ2v) is 10.5. The number of nitrogens with zero attached hydrogens (tertiary/aromatic N) is 7. The number of aromatic nitrogens is 5. The summed E-state index contributed by atoms with van der Waals surface area (Å²) in [5.74, 6) is 0.899. The quantitative estimate of drug-likeness (QED) is 0.406. The smallest absolute Gasteiger partial charge is 0.169 e. The van der Waals surface area contributed by atoms with Crippen LogP contribution < -0.4 is 4.90 Å². The Kier molecular flexibility index (Phi) is 5.97. The number of aliphatic hydroxyl groups excluding tert-OH is 1. The lowest BCUT2D eigenvalue weighted by Crippen LogP contribution is -2.60. The van der Waals surface area contributed by atoms with Crippen molar-refractivity contribution in [3.63, 3.8) is 0 Å². The molecule has 4 aromatic rings. The summed E-state index contributed by atoms with van der Waals surface area (Å²) < 4.78 is 1.66. The van der Waals surface area contributed by atoms with Gasteiger partial charge in [-0.2, -0.15) is 5.10 Å². The Morgan fingerprint density at radius 2 is 1.84 bits per heavy atom. The molecule has 1 spiro atoms. The van der Waals surface area contributed by atoms with Crippen LogP contribution in [0, 0.1) is 5.41 Å². The third kappa shape index (κ3) is 4.49. The third-order valence-electron chi connectivity index (χ3n) is 7.98.